The summed E-state index contributed by atoms with van der Waals surface area (Å²) in [5, 5.41) is 5.07. The first-order valence-electron chi connectivity index (χ1n) is 11.1. The Kier molecular flexibility index (Phi) is 6.28. The number of benzene rings is 3. The van der Waals surface area contributed by atoms with Crippen LogP contribution < -0.4 is 5.48 Å². The maximum absolute atomic E-state index is 12.1. The second-order valence-electron chi connectivity index (χ2n) is 7.95. The van der Waals surface area contributed by atoms with Crippen LogP contribution in [0.4, 0.5) is 0 Å². The summed E-state index contributed by atoms with van der Waals surface area (Å²) in [5.41, 5.74) is 7.29. The molecule has 1 N–H and O–H groups in total. The molecule has 0 bridgehead atoms. The number of carbonyl (C=O) groups is 1. The lowest BCUT2D eigenvalue weighted by molar-refractivity contribution is -0.198. The minimum atomic E-state index is -0.375. The zero-order valence-corrected chi connectivity index (χ0v) is 18.1. The van der Waals surface area contributed by atoms with Crippen molar-refractivity contribution in [2.75, 3.05) is 6.61 Å². The third-order valence-corrected chi connectivity index (χ3v) is 5.61. The van der Waals surface area contributed by atoms with E-state index in [0.717, 1.165) is 52.4 Å². The number of rotatable bonds is 6. The fourth-order valence-electron chi connectivity index (χ4n) is 3.85. The number of hydrogen-bond donors (Lipinski definition) is 1. The van der Waals surface area contributed by atoms with Crippen molar-refractivity contribution in [2.24, 2.45) is 0 Å². The zero-order chi connectivity index (χ0) is 22.5. The summed E-state index contributed by atoms with van der Waals surface area (Å²) < 4.78 is 11.1. The molecule has 1 aliphatic rings. The van der Waals surface area contributed by atoms with Gasteiger partial charge < -0.3 is 9.26 Å². The molecule has 1 aliphatic heterocycles. The van der Waals surface area contributed by atoms with E-state index < -0.39 is 0 Å². The lowest BCUT2D eigenvalue weighted by Crippen LogP contribution is -2.32. The van der Waals surface area contributed by atoms with E-state index in [4.69, 9.17) is 14.1 Å². The SMILES string of the molecule is O=C(C=Cc1ccc2noc(-c3ccc(-c4ccccc4)cc3)c2c1)NOC1CCCCO1. The van der Waals surface area contributed by atoms with Gasteiger partial charge in [-0.05, 0) is 47.7 Å². The molecule has 1 atom stereocenters. The van der Waals surface area contributed by atoms with Crippen LogP contribution in [-0.4, -0.2) is 24.0 Å². The van der Waals surface area contributed by atoms with E-state index >= 15 is 0 Å². The van der Waals surface area contributed by atoms with Crippen LogP contribution in [0.25, 0.3) is 39.4 Å². The van der Waals surface area contributed by atoms with Crippen LogP contribution in [0.15, 0.2) is 83.4 Å². The van der Waals surface area contributed by atoms with Crippen LogP contribution in [0.2, 0.25) is 0 Å². The third-order valence-electron chi connectivity index (χ3n) is 5.61. The van der Waals surface area contributed by atoms with Crippen LogP contribution in [0.3, 0.4) is 0 Å². The van der Waals surface area contributed by atoms with E-state index in [1.54, 1.807) is 6.08 Å². The minimum Gasteiger partial charge on any atom is -0.355 e. The maximum atomic E-state index is 12.1. The van der Waals surface area contributed by atoms with Crippen molar-refractivity contribution in [3.05, 3.63) is 84.4 Å². The number of nitrogens with one attached hydrogen (secondary N) is 1. The first-order chi connectivity index (χ1) is 16.3. The number of hydroxylamine groups is 1. The van der Waals surface area contributed by atoms with Crippen LogP contribution in [0, 0.1) is 0 Å². The van der Waals surface area contributed by atoms with Gasteiger partial charge >= 0.3 is 0 Å². The van der Waals surface area contributed by atoms with Gasteiger partial charge in [0.25, 0.3) is 5.91 Å². The Bertz CT molecular complexity index is 1260. The molecule has 0 aliphatic carbocycles. The van der Waals surface area contributed by atoms with E-state index in [2.05, 4.69) is 34.9 Å². The lowest BCUT2D eigenvalue weighted by Gasteiger charge is -2.21. The Hall–Kier alpha value is -3.74. The Morgan fingerprint density at radius 3 is 2.55 bits per heavy atom. The summed E-state index contributed by atoms with van der Waals surface area (Å²) in [6.07, 6.45) is 5.63. The largest absolute Gasteiger partial charge is 0.355 e. The van der Waals surface area contributed by atoms with Crippen molar-refractivity contribution in [2.45, 2.75) is 25.6 Å². The molecule has 6 heteroatoms. The molecule has 1 fully saturated rings. The molecule has 1 aromatic heterocycles. The highest BCUT2D eigenvalue weighted by Crippen LogP contribution is 2.31. The number of hydrogen-bond acceptors (Lipinski definition) is 5. The Balaban J connectivity index is 1.30. The van der Waals surface area contributed by atoms with Gasteiger partial charge in [-0.3, -0.25) is 4.79 Å². The fraction of sp³-hybridized carbons (Fsp3) is 0.185. The van der Waals surface area contributed by atoms with Gasteiger partial charge in [0.05, 0.1) is 5.39 Å². The quantitative estimate of drug-likeness (QED) is 0.305. The van der Waals surface area contributed by atoms with Gasteiger partial charge in [-0.2, -0.15) is 0 Å². The molecule has 1 unspecified atom stereocenters. The van der Waals surface area contributed by atoms with Crippen LogP contribution >= 0.6 is 0 Å². The van der Waals surface area contributed by atoms with Gasteiger partial charge in [0.1, 0.15) is 5.52 Å². The highest BCUT2D eigenvalue weighted by molar-refractivity contribution is 5.95. The van der Waals surface area contributed by atoms with Crippen LogP contribution in [-0.2, 0) is 14.4 Å². The lowest BCUT2D eigenvalue weighted by atomic mass is 10.0. The second-order valence-corrected chi connectivity index (χ2v) is 7.95. The van der Waals surface area contributed by atoms with Crippen LogP contribution in [0.1, 0.15) is 24.8 Å². The van der Waals surface area contributed by atoms with Crippen LogP contribution in [0.5, 0.6) is 0 Å². The van der Waals surface area contributed by atoms with Crippen molar-refractivity contribution < 1.29 is 18.9 Å². The Morgan fingerprint density at radius 2 is 1.76 bits per heavy atom. The summed E-state index contributed by atoms with van der Waals surface area (Å²) in [6.45, 7) is 0.659. The molecule has 1 saturated heterocycles. The van der Waals surface area contributed by atoms with Crippen molar-refractivity contribution in [3.63, 3.8) is 0 Å². The number of nitrogens with zero attached hydrogens (tertiary/aromatic N) is 1. The summed E-state index contributed by atoms with van der Waals surface area (Å²) in [6, 6.07) is 24.2. The van der Waals surface area contributed by atoms with Gasteiger partial charge in [-0.1, -0.05) is 65.8 Å². The molecule has 4 aromatic rings. The van der Waals surface area contributed by atoms with Crippen molar-refractivity contribution in [1.82, 2.24) is 10.6 Å². The number of amides is 1. The fourth-order valence-corrected chi connectivity index (χ4v) is 3.85. The highest BCUT2D eigenvalue weighted by Gasteiger charge is 2.15. The number of carbonyl (C=O) groups excluding carboxylic acids is 1. The molecule has 3 aromatic carbocycles. The van der Waals surface area contributed by atoms with E-state index in [9.17, 15) is 4.79 Å². The molecule has 6 nitrogen and oxygen atoms in total. The predicted octanol–water partition coefficient (Wildman–Crippen LogP) is 5.75. The van der Waals surface area contributed by atoms with E-state index in [1.165, 1.54) is 6.08 Å². The van der Waals surface area contributed by atoms with Crippen molar-refractivity contribution >= 4 is 22.9 Å². The molecular weight excluding hydrogens is 416 g/mol. The smallest absolute Gasteiger partial charge is 0.267 e. The summed E-state index contributed by atoms with van der Waals surface area (Å²) in [5.74, 6) is 0.355. The first kappa shape index (κ1) is 21.1. The molecule has 1 amide bonds. The average Bonchev–Trinajstić information content (AvgIpc) is 3.31. The molecule has 0 saturated carbocycles. The normalized spacial score (nSPS) is 16.3. The topological polar surface area (TPSA) is 73.6 Å². The van der Waals surface area contributed by atoms with Gasteiger partial charge in [0, 0.05) is 24.7 Å². The first-order valence-corrected chi connectivity index (χ1v) is 11.1. The molecule has 33 heavy (non-hydrogen) atoms. The van der Waals surface area contributed by atoms with Crippen molar-refractivity contribution in [1.29, 1.82) is 0 Å². The van der Waals surface area contributed by atoms with Crippen molar-refractivity contribution in [3.8, 4) is 22.5 Å². The molecule has 2 heterocycles. The number of aromatic nitrogens is 1. The summed E-state index contributed by atoms with van der Waals surface area (Å²) in [7, 11) is 0. The molecule has 0 radical (unpaired) electrons. The Labute approximate surface area is 191 Å². The molecule has 166 valence electrons. The van der Waals surface area contributed by atoms with E-state index in [0.29, 0.717) is 12.4 Å². The summed E-state index contributed by atoms with van der Waals surface area (Å²) >= 11 is 0. The second kappa shape index (κ2) is 9.81. The average molecular weight is 440 g/mol. The number of fused-ring (bicyclic) bond motifs is 1. The summed E-state index contributed by atoms with van der Waals surface area (Å²) in [4.78, 5) is 17.4. The highest BCUT2D eigenvalue weighted by atomic mass is 16.8. The zero-order valence-electron chi connectivity index (χ0n) is 18.1. The minimum absolute atomic E-state index is 0.341. The standard InChI is InChI=1S/C27H24N2O4/c30-25(29-32-26-8-4-5-17-31-26)16-10-19-9-15-24-23(18-19)27(33-28-24)22-13-11-21(12-14-22)20-6-2-1-3-7-20/h1-3,6-7,9-16,18,26H,4-5,8,17H2,(H,29,30). The monoisotopic (exact) mass is 440 g/mol. The van der Waals surface area contributed by atoms with Gasteiger partial charge in [-0.25, -0.2) is 10.3 Å². The van der Waals surface area contributed by atoms with E-state index in [-0.39, 0.29) is 12.2 Å². The molecule has 5 rings (SSSR count). The van der Waals surface area contributed by atoms with Gasteiger partial charge in [-0.15, -0.1) is 0 Å². The Morgan fingerprint density at radius 1 is 0.970 bits per heavy atom. The third kappa shape index (κ3) is 5.03. The van der Waals surface area contributed by atoms with Gasteiger partial charge in [0.2, 0.25) is 0 Å². The molecular formula is C27H24N2O4. The van der Waals surface area contributed by atoms with E-state index in [1.807, 2.05) is 48.5 Å². The molecule has 0 spiro atoms. The predicted molar refractivity (Wildman–Crippen MR) is 127 cm³/mol. The maximum Gasteiger partial charge on any atom is 0.267 e. The number of ether oxygens (including phenoxy) is 1. The van der Waals surface area contributed by atoms with Gasteiger partial charge in [0.15, 0.2) is 12.1 Å².